The maximum Gasteiger partial charge on any atom is 0.303 e. The van der Waals surface area contributed by atoms with Crippen molar-refractivity contribution in [1.82, 2.24) is 0 Å². The predicted molar refractivity (Wildman–Crippen MR) is 75.2 cm³/mol. The molecule has 1 rings (SSSR count). The molecule has 1 aromatic rings. The summed E-state index contributed by atoms with van der Waals surface area (Å²) < 4.78 is 0. The van der Waals surface area contributed by atoms with Crippen LogP contribution in [0.2, 0.25) is 0 Å². The van der Waals surface area contributed by atoms with Gasteiger partial charge in [0.2, 0.25) is 0 Å². The molecule has 0 heterocycles. The van der Waals surface area contributed by atoms with E-state index in [-0.39, 0.29) is 25.0 Å². The van der Waals surface area contributed by atoms with Crippen LogP contribution in [-0.4, -0.2) is 33.7 Å². The molecule has 0 saturated carbocycles. The van der Waals surface area contributed by atoms with Gasteiger partial charge in [0.25, 0.3) is 0 Å². The van der Waals surface area contributed by atoms with E-state index >= 15 is 0 Å². The molecule has 0 aliphatic heterocycles. The Bertz CT molecular complexity index is 481. The lowest BCUT2D eigenvalue weighted by atomic mass is 10.1. The number of thioether (sulfide) groups is 1. The van der Waals surface area contributed by atoms with Gasteiger partial charge in [-0.2, -0.15) is 0 Å². The third-order valence-corrected chi connectivity index (χ3v) is 3.64. The molecule has 108 valence electrons. The summed E-state index contributed by atoms with van der Waals surface area (Å²) >= 11 is 1.53. The van der Waals surface area contributed by atoms with Crippen molar-refractivity contribution in [3.8, 4) is 0 Å². The summed E-state index contributed by atoms with van der Waals surface area (Å²) in [5.41, 5.74) is 0.501. The molecule has 0 unspecified atom stereocenters. The Balaban J connectivity index is 2.41. The highest BCUT2D eigenvalue weighted by Gasteiger charge is 2.08. The number of benzene rings is 1. The van der Waals surface area contributed by atoms with E-state index in [4.69, 9.17) is 10.2 Å². The van der Waals surface area contributed by atoms with Crippen LogP contribution in [0.5, 0.6) is 0 Å². The molecule has 0 saturated heterocycles. The van der Waals surface area contributed by atoms with Gasteiger partial charge in [0.15, 0.2) is 5.78 Å². The van der Waals surface area contributed by atoms with Gasteiger partial charge in [0.1, 0.15) is 0 Å². The van der Waals surface area contributed by atoms with Crippen molar-refractivity contribution in [3.63, 3.8) is 0 Å². The molecule has 0 bridgehead atoms. The molecule has 0 aromatic heterocycles. The van der Waals surface area contributed by atoms with Gasteiger partial charge in [0, 0.05) is 23.3 Å². The van der Waals surface area contributed by atoms with Crippen molar-refractivity contribution in [2.24, 2.45) is 0 Å². The Kier molecular flexibility index (Phi) is 6.79. The maximum atomic E-state index is 11.7. The number of hydrogen-bond acceptors (Lipinski definition) is 4. The van der Waals surface area contributed by atoms with E-state index in [1.807, 2.05) is 0 Å². The maximum absolute atomic E-state index is 11.7. The first-order valence-corrected chi connectivity index (χ1v) is 7.17. The number of carboxylic acid groups (broad SMARTS) is 2. The van der Waals surface area contributed by atoms with Gasteiger partial charge in [-0.15, -0.1) is 11.8 Å². The molecule has 0 amide bonds. The van der Waals surface area contributed by atoms with Gasteiger partial charge >= 0.3 is 11.9 Å². The van der Waals surface area contributed by atoms with Crippen LogP contribution in [0, 0.1) is 0 Å². The molecule has 0 atom stereocenters. The normalized spacial score (nSPS) is 10.2. The van der Waals surface area contributed by atoms with Gasteiger partial charge in [-0.3, -0.25) is 14.4 Å². The van der Waals surface area contributed by atoms with E-state index < -0.39 is 11.9 Å². The summed E-state index contributed by atoms with van der Waals surface area (Å²) in [4.78, 5) is 33.4. The monoisotopic (exact) mass is 296 g/mol. The van der Waals surface area contributed by atoms with Gasteiger partial charge < -0.3 is 10.2 Å². The van der Waals surface area contributed by atoms with Crippen molar-refractivity contribution in [1.29, 1.82) is 0 Å². The van der Waals surface area contributed by atoms with E-state index in [2.05, 4.69) is 0 Å². The molecule has 0 radical (unpaired) electrons. The highest BCUT2D eigenvalue weighted by Crippen LogP contribution is 2.20. The van der Waals surface area contributed by atoms with Crippen LogP contribution in [0.25, 0.3) is 0 Å². The molecule has 2 N–H and O–H groups in total. The zero-order valence-electron chi connectivity index (χ0n) is 10.9. The standard InChI is InChI=1S/C14H16O5S/c15-12(7-8-14(18)19)10-3-5-11(6-4-10)20-9-1-2-13(16)17/h3-6H,1-2,7-9H2,(H,16,17)(H,18,19). The largest absolute Gasteiger partial charge is 0.481 e. The second-order valence-corrected chi connectivity index (χ2v) is 5.36. The fourth-order valence-corrected chi connectivity index (χ4v) is 2.37. The minimum atomic E-state index is -0.982. The average molecular weight is 296 g/mol. The van der Waals surface area contributed by atoms with Gasteiger partial charge in [0.05, 0.1) is 6.42 Å². The van der Waals surface area contributed by atoms with Crippen molar-refractivity contribution < 1.29 is 24.6 Å². The quantitative estimate of drug-likeness (QED) is 0.413. The first-order valence-electron chi connectivity index (χ1n) is 6.18. The van der Waals surface area contributed by atoms with Crippen LogP contribution in [-0.2, 0) is 9.59 Å². The van der Waals surface area contributed by atoms with Crippen molar-refractivity contribution in [2.75, 3.05) is 5.75 Å². The van der Waals surface area contributed by atoms with Gasteiger partial charge in [-0.05, 0) is 24.3 Å². The lowest BCUT2D eigenvalue weighted by Gasteiger charge is -2.03. The lowest BCUT2D eigenvalue weighted by molar-refractivity contribution is -0.138. The van der Waals surface area contributed by atoms with Crippen molar-refractivity contribution >= 4 is 29.5 Å². The minimum absolute atomic E-state index is 0.000431. The van der Waals surface area contributed by atoms with Crippen LogP contribution in [0.4, 0.5) is 0 Å². The molecule has 0 aliphatic rings. The molecule has 1 aromatic carbocycles. The number of carbonyl (C=O) groups excluding carboxylic acids is 1. The molecular formula is C14H16O5S. The number of carboxylic acids is 2. The van der Waals surface area contributed by atoms with Crippen LogP contribution in [0.1, 0.15) is 36.0 Å². The van der Waals surface area contributed by atoms with Crippen LogP contribution >= 0.6 is 11.8 Å². The number of hydrogen-bond donors (Lipinski definition) is 2. The third-order valence-electron chi connectivity index (χ3n) is 2.55. The van der Waals surface area contributed by atoms with E-state index in [1.165, 1.54) is 11.8 Å². The Labute approximate surface area is 121 Å². The van der Waals surface area contributed by atoms with E-state index in [0.717, 1.165) is 4.90 Å². The summed E-state index contributed by atoms with van der Waals surface area (Å²) in [5.74, 6) is -1.26. The highest BCUT2D eigenvalue weighted by atomic mass is 32.2. The van der Waals surface area contributed by atoms with Crippen LogP contribution in [0.15, 0.2) is 29.2 Å². The minimum Gasteiger partial charge on any atom is -0.481 e. The molecule has 20 heavy (non-hydrogen) atoms. The molecule has 0 spiro atoms. The summed E-state index contributed by atoms with van der Waals surface area (Å²) in [7, 11) is 0. The Morgan fingerprint density at radius 2 is 1.50 bits per heavy atom. The summed E-state index contributed by atoms with van der Waals surface area (Å²) in [5, 5.41) is 17.0. The SMILES string of the molecule is O=C(O)CCCSc1ccc(C(=O)CCC(=O)O)cc1. The average Bonchev–Trinajstić information content (AvgIpc) is 2.41. The zero-order chi connectivity index (χ0) is 15.0. The smallest absolute Gasteiger partial charge is 0.303 e. The second-order valence-electron chi connectivity index (χ2n) is 4.19. The predicted octanol–water partition coefficient (Wildman–Crippen LogP) is 2.69. The van der Waals surface area contributed by atoms with Crippen LogP contribution in [0.3, 0.4) is 0 Å². The molecular weight excluding hydrogens is 280 g/mol. The van der Waals surface area contributed by atoms with E-state index in [9.17, 15) is 14.4 Å². The summed E-state index contributed by atoms with van der Waals surface area (Å²) in [6.07, 6.45) is 0.586. The Morgan fingerprint density at radius 1 is 0.900 bits per heavy atom. The molecule has 0 fully saturated rings. The summed E-state index contributed by atoms with van der Waals surface area (Å²) in [6, 6.07) is 6.92. The topological polar surface area (TPSA) is 91.7 Å². The second kappa shape index (κ2) is 8.37. The molecule has 6 heteroatoms. The fraction of sp³-hybridized carbons (Fsp3) is 0.357. The number of rotatable bonds is 9. The zero-order valence-corrected chi connectivity index (χ0v) is 11.7. The van der Waals surface area contributed by atoms with Crippen molar-refractivity contribution in [3.05, 3.63) is 29.8 Å². The van der Waals surface area contributed by atoms with E-state index in [0.29, 0.717) is 17.7 Å². The van der Waals surface area contributed by atoms with Crippen LogP contribution < -0.4 is 0 Å². The number of aliphatic carboxylic acids is 2. The number of carbonyl (C=O) groups is 3. The fourth-order valence-electron chi connectivity index (χ4n) is 1.52. The number of ketones is 1. The van der Waals surface area contributed by atoms with Gasteiger partial charge in [-0.1, -0.05) is 12.1 Å². The highest BCUT2D eigenvalue weighted by molar-refractivity contribution is 7.99. The summed E-state index contributed by atoms with van der Waals surface area (Å²) in [6.45, 7) is 0. The van der Waals surface area contributed by atoms with Crippen molar-refractivity contribution in [2.45, 2.75) is 30.6 Å². The first kappa shape index (κ1) is 16.2. The van der Waals surface area contributed by atoms with E-state index in [1.54, 1.807) is 24.3 Å². The third kappa shape index (κ3) is 6.38. The number of Topliss-reactive ketones (excluding diaryl/α,β-unsaturated/α-hetero) is 1. The molecule has 0 aliphatic carbocycles. The first-order chi connectivity index (χ1) is 9.49. The Hall–Kier alpha value is -1.82. The molecule has 5 nitrogen and oxygen atoms in total. The Morgan fingerprint density at radius 3 is 2.05 bits per heavy atom. The lowest BCUT2D eigenvalue weighted by Crippen LogP contribution is -2.03. The van der Waals surface area contributed by atoms with Gasteiger partial charge in [-0.25, -0.2) is 0 Å².